The number of hydrazone groups is 1. The first-order chi connectivity index (χ1) is 13.4. The molecule has 28 heavy (non-hydrogen) atoms. The maximum Gasteiger partial charge on any atom is 0.346 e. The number of esters is 1. The first kappa shape index (κ1) is 18.9. The van der Waals surface area contributed by atoms with Crippen LogP contribution in [0, 0.1) is 23.7 Å². The van der Waals surface area contributed by atoms with Crippen LogP contribution in [0.4, 0.5) is 0 Å². The number of carbonyl (C=O) groups excluding carboxylic acids is 3. The molecule has 4 rings (SSSR count). The van der Waals surface area contributed by atoms with Crippen LogP contribution in [0.25, 0.3) is 0 Å². The fraction of sp³-hybridized carbons (Fsp3) is 0.400. The molecule has 1 aromatic rings. The van der Waals surface area contributed by atoms with Crippen LogP contribution in [0.2, 0.25) is 0 Å². The molecule has 1 saturated carbocycles. The van der Waals surface area contributed by atoms with Crippen molar-refractivity contribution in [1.29, 1.82) is 0 Å². The largest absolute Gasteiger partial charge is 0.478 e. The van der Waals surface area contributed by atoms with Gasteiger partial charge in [-0.1, -0.05) is 28.1 Å². The number of rotatable bonds is 5. The Morgan fingerprint density at radius 3 is 2.50 bits per heavy atom. The molecule has 1 aromatic carbocycles. The smallest absolute Gasteiger partial charge is 0.346 e. The van der Waals surface area contributed by atoms with E-state index in [0.29, 0.717) is 11.3 Å². The zero-order valence-electron chi connectivity index (χ0n) is 15.4. The van der Waals surface area contributed by atoms with Gasteiger partial charge in [-0.2, -0.15) is 10.1 Å². The number of halogens is 1. The number of amides is 2. The van der Waals surface area contributed by atoms with Crippen LogP contribution in [-0.4, -0.2) is 42.2 Å². The van der Waals surface area contributed by atoms with Crippen molar-refractivity contribution < 1.29 is 23.9 Å². The van der Waals surface area contributed by atoms with Crippen molar-refractivity contribution in [2.75, 3.05) is 7.11 Å². The van der Waals surface area contributed by atoms with Gasteiger partial charge in [-0.25, -0.2) is 4.79 Å². The van der Waals surface area contributed by atoms with E-state index in [-0.39, 0.29) is 35.5 Å². The number of benzene rings is 1. The van der Waals surface area contributed by atoms with E-state index >= 15 is 0 Å². The molecular formula is C20H19BrN2O5. The summed E-state index contributed by atoms with van der Waals surface area (Å²) in [5, 5.41) is 5.16. The molecule has 1 saturated heterocycles. The topological polar surface area (TPSA) is 85.3 Å². The molecule has 7 nitrogen and oxygen atoms in total. The summed E-state index contributed by atoms with van der Waals surface area (Å²) < 4.78 is 11.1. The Hall–Kier alpha value is -2.48. The van der Waals surface area contributed by atoms with Crippen molar-refractivity contribution >= 4 is 39.9 Å². The van der Waals surface area contributed by atoms with Gasteiger partial charge in [0, 0.05) is 10.0 Å². The average Bonchev–Trinajstić information content (AvgIpc) is 3.36. The summed E-state index contributed by atoms with van der Waals surface area (Å²) in [5.74, 6) is -0.923. The Labute approximate surface area is 170 Å². The molecule has 1 aliphatic heterocycles. The van der Waals surface area contributed by atoms with Crippen LogP contribution in [-0.2, 0) is 19.1 Å². The molecule has 3 aliphatic rings. The number of hydrogen-bond donors (Lipinski definition) is 0. The highest BCUT2D eigenvalue weighted by molar-refractivity contribution is 9.10. The van der Waals surface area contributed by atoms with E-state index in [1.165, 1.54) is 13.3 Å². The molecule has 0 N–H and O–H groups in total. The first-order valence-electron chi connectivity index (χ1n) is 9.05. The first-order valence-corrected chi connectivity index (χ1v) is 9.84. The lowest BCUT2D eigenvalue weighted by molar-refractivity contribution is -0.148. The second-order valence-electron chi connectivity index (χ2n) is 7.20. The van der Waals surface area contributed by atoms with Gasteiger partial charge in [-0.3, -0.25) is 9.59 Å². The van der Waals surface area contributed by atoms with E-state index in [0.717, 1.165) is 15.9 Å². The van der Waals surface area contributed by atoms with Gasteiger partial charge in [-0.05, 0) is 43.4 Å². The van der Waals surface area contributed by atoms with Crippen molar-refractivity contribution in [3.05, 3.63) is 40.4 Å². The number of methoxy groups -OCH3 is 1. The summed E-state index contributed by atoms with van der Waals surface area (Å²) in [5.41, 5.74) is 0.531. The normalized spacial score (nSPS) is 28.9. The van der Waals surface area contributed by atoms with Crippen LogP contribution in [0.3, 0.4) is 0 Å². The predicted molar refractivity (Wildman–Crippen MR) is 103 cm³/mol. The van der Waals surface area contributed by atoms with Gasteiger partial charge in [0.25, 0.3) is 11.8 Å². The third-order valence-corrected chi connectivity index (χ3v) is 6.06. The molecule has 2 aliphatic carbocycles. The maximum atomic E-state index is 12.7. The fourth-order valence-electron chi connectivity index (χ4n) is 4.25. The van der Waals surface area contributed by atoms with Gasteiger partial charge >= 0.3 is 5.97 Å². The third-order valence-electron chi connectivity index (χ3n) is 5.57. The number of carbonyl (C=O) groups is 3. The van der Waals surface area contributed by atoms with E-state index in [4.69, 9.17) is 4.74 Å². The predicted octanol–water partition coefficient (Wildman–Crippen LogP) is 2.53. The zero-order chi connectivity index (χ0) is 20.0. The SMILES string of the molecule is COC(=O)[C@H](C)Oc1ccc(Br)cc1C=NN1C(=O)[C@@H]2[C@H](C1=O)[C@H]1C=C[C@H]2C1. The summed E-state index contributed by atoms with van der Waals surface area (Å²) in [6.45, 7) is 1.58. The summed E-state index contributed by atoms with van der Waals surface area (Å²) >= 11 is 3.38. The van der Waals surface area contributed by atoms with Gasteiger partial charge < -0.3 is 9.47 Å². The molecule has 1 heterocycles. The molecule has 0 unspecified atom stereocenters. The van der Waals surface area contributed by atoms with E-state index in [9.17, 15) is 14.4 Å². The zero-order valence-corrected chi connectivity index (χ0v) is 17.0. The molecule has 0 aromatic heterocycles. The van der Waals surface area contributed by atoms with Crippen LogP contribution < -0.4 is 4.74 Å². The average molecular weight is 447 g/mol. The number of nitrogens with zero attached hydrogens (tertiary/aromatic N) is 2. The maximum absolute atomic E-state index is 12.7. The summed E-state index contributed by atoms with van der Waals surface area (Å²) in [6.07, 6.45) is 5.56. The highest BCUT2D eigenvalue weighted by atomic mass is 79.9. The Kier molecular flexibility index (Phi) is 4.82. The molecule has 146 valence electrons. The van der Waals surface area contributed by atoms with Gasteiger partial charge in [0.05, 0.1) is 25.2 Å². The number of fused-ring (bicyclic) bond motifs is 5. The monoisotopic (exact) mass is 446 g/mol. The lowest BCUT2D eigenvalue weighted by Gasteiger charge is -2.15. The molecular weight excluding hydrogens is 428 g/mol. The van der Waals surface area contributed by atoms with Gasteiger partial charge in [0.15, 0.2) is 6.10 Å². The minimum atomic E-state index is -0.811. The Bertz CT molecular complexity index is 882. The van der Waals surface area contributed by atoms with E-state index in [2.05, 4.69) is 25.8 Å². The van der Waals surface area contributed by atoms with Crippen molar-refractivity contribution in [2.24, 2.45) is 28.8 Å². The number of ether oxygens (including phenoxy) is 2. The summed E-state index contributed by atoms with van der Waals surface area (Å²) in [4.78, 5) is 37.1. The van der Waals surface area contributed by atoms with Gasteiger partial charge in [0.1, 0.15) is 5.75 Å². The molecule has 0 radical (unpaired) electrons. The highest BCUT2D eigenvalue weighted by Gasteiger charge is 2.59. The Morgan fingerprint density at radius 2 is 1.89 bits per heavy atom. The number of hydrogen-bond acceptors (Lipinski definition) is 6. The van der Waals surface area contributed by atoms with Gasteiger partial charge in [0.2, 0.25) is 0 Å². The van der Waals surface area contributed by atoms with E-state index < -0.39 is 12.1 Å². The third kappa shape index (κ3) is 3.05. The number of imide groups is 1. The molecule has 0 spiro atoms. The molecule has 2 fully saturated rings. The standard InChI is InChI=1S/C20H19BrN2O5/c1-10(20(26)27-2)28-15-6-5-14(21)8-13(15)9-22-23-18(24)16-11-3-4-12(7-11)17(16)19(23)25/h3-6,8-12,16-17H,7H2,1-2H3/t10-,11-,12-,16-,17+/m0/s1. The van der Waals surface area contributed by atoms with Crippen molar-refractivity contribution in [2.45, 2.75) is 19.4 Å². The van der Waals surface area contributed by atoms with Crippen LogP contribution in [0.15, 0.2) is 39.9 Å². The highest BCUT2D eigenvalue weighted by Crippen LogP contribution is 2.52. The lowest BCUT2D eigenvalue weighted by atomic mass is 9.85. The van der Waals surface area contributed by atoms with Crippen molar-refractivity contribution in [3.8, 4) is 5.75 Å². The Morgan fingerprint density at radius 1 is 1.25 bits per heavy atom. The van der Waals surface area contributed by atoms with Gasteiger partial charge in [-0.15, -0.1) is 0 Å². The van der Waals surface area contributed by atoms with Crippen molar-refractivity contribution in [3.63, 3.8) is 0 Å². The molecule has 5 atom stereocenters. The fourth-order valence-corrected chi connectivity index (χ4v) is 4.63. The number of allylic oxidation sites excluding steroid dienone is 2. The van der Waals surface area contributed by atoms with E-state index in [1.54, 1.807) is 25.1 Å². The molecule has 2 amide bonds. The van der Waals surface area contributed by atoms with Crippen molar-refractivity contribution in [1.82, 2.24) is 5.01 Å². The second-order valence-corrected chi connectivity index (χ2v) is 8.11. The summed E-state index contributed by atoms with van der Waals surface area (Å²) in [6, 6.07) is 5.17. The molecule has 2 bridgehead atoms. The molecule has 8 heteroatoms. The minimum absolute atomic E-state index is 0.136. The minimum Gasteiger partial charge on any atom is -0.478 e. The second kappa shape index (κ2) is 7.16. The van der Waals surface area contributed by atoms with Crippen LogP contribution in [0.1, 0.15) is 18.9 Å². The quantitative estimate of drug-likeness (QED) is 0.300. The van der Waals surface area contributed by atoms with Crippen LogP contribution >= 0.6 is 15.9 Å². The van der Waals surface area contributed by atoms with Crippen LogP contribution in [0.5, 0.6) is 5.75 Å². The van der Waals surface area contributed by atoms with E-state index in [1.807, 2.05) is 12.2 Å². The summed E-state index contributed by atoms with van der Waals surface area (Å²) in [7, 11) is 1.29. The lowest BCUT2D eigenvalue weighted by Crippen LogP contribution is -2.28. The Balaban J connectivity index is 1.57.